The molecule has 11 heteroatoms. The molecule has 0 bridgehead atoms. The molecule has 0 saturated carbocycles. The Labute approximate surface area is 172 Å². The quantitative estimate of drug-likeness (QED) is 0.787. The fraction of sp³-hybridized carbons (Fsp3) is 0.368. The van der Waals surface area contributed by atoms with Crippen molar-refractivity contribution >= 4 is 27.4 Å². The zero-order valence-corrected chi connectivity index (χ0v) is 17.0. The van der Waals surface area contributed by atoms with Gasteiger partial charge in [-0.15, -0.1) is 0 Å². The maximum absolute atomic E-state index is 13.0. The topological polar surface area (TPSA) is 82.6 Å². The summed E-state index contributed by atoms with van der Waals surface area (Å²) in [7, 11) is -3.74. The van der Waals surface area contributed by atoms with Crippen LogP contribution >= 0.6 is 0 Å². The van der Waals surface area contributed by atoms with E-state index in [9.17, 15) is 26.4 Å². The molecule has 1 saturated heterocycles. The molecule has 0 spiro atoms. The predicted molar refractivity (Wildman–Crippen MR) is 106 cm³/mol. The van der Waals surface area contributed by atoms with E-state index in [1.807, 2.05) is 0 Å². The lowest BCUT2D eigenvalue weighted by Gasteiger charge is -2.23. The summed E-state index contributed by atoms with van der Waals surface area (Å²) in [5.41, 5.74) is -0.329. The van der Waals surface area contributed by atoms with Crippen LogP contribution in [0.15, 0.2) is 47.5 Å². The molecule has 0 atom stereocenters. The molecule has 2 heterocycles. The number of pyridine rings is 1. The Balaban J connectivity index is 1.70. The second-order valence-electron chi connectivity index (χ2n) is 6.85. The number of rotatable bonds is 4. The number of anilines is 2. The average Bonchev–Trinajstić information content (AvgIpc) is 2.94. The third kappa shape index (κ3) is 5.08. The standard InChI is InChI=1S/C19H21F3N4O3S/c1-14(27)24-16-4-6-17(7-5-16)30(28,29)26-10-2-9-25(11-12-26)18-8-3-15(13-23-18)19(20,21)22/h3-8,13H,2,9-12H2,1H3,(H,24,27). The van der Waals surface area contributed by atoms with Crippen LogP contribution in [0.2, 0.25) is 0 Å². The smallest absolute Gasteiger partial charge is 0.355 e. The van der Waals surface area contributed by atoms with Gasteiger partial charge < -0.3 is 10.2 Å². The van der Waals surface area contributed by atoms with Crippen LogP contribution in [0.3, 0.4) is 0 Å². The molecular formula is C19H21F3N4O3S. The Morgan fingerprint density at radius 1 is 1.03 bits per heavy atom. The molecule has 30 heavy (non-hydrogen) atoms. The summed E-state index contributed by atoms with van der Waals surface area (Å²) >= 11 is 0. The van der Waals surface area contributed by atoms with E-state index in [0.29, 0.717) is 31.0 Å². The number of carbonyl (C=O) groups excluding carboxylic acids is 1. The van der Waals surface area contributed by atoms with Gasteiger partial charge >= 0.3 is 6.18 Å². The Bertz CT molecular complexity index is 993. The first kappa shape index (κ1) is 22.0. The number of aromatic nitrogens is 1. The van der Waals surface area contributed by atoms with E-state index in [2.05, 4.69) is 10.3 Å². The van der Waals surface area contributed by atoms with Gasteiger partial charge in [-0.3, -0.25) is 4.79 Å². The molecule has 0 unspecified atom stereocenters. The molecule has 1 fully saturated rings. The number of halogens is 3. The van der Waals surface area contributed by atoms with Crippen molar-refractivity contribution in [3.8, 4) is 0 Å². The third-order valence-corrected chi connectivity index (χ3v) is 6.58. The van der Waals surface area contributed by atoms with Gasteiger partial charge in [-0.05, 0) is 42.8 Å². The first-order valence-electron chi connectivity index (χ1n) is 9.23. The van der Waals surface area contributed by atoms with E-state index in [4.69, 9.17) is 0 Å². The second kappa shape index (κ2) is 8.60. The number of hydrogen-bond acceptors (Lipinski definition) is 5. The molecule has 1 aliphatic rings. The molecule has 1 N–H and O–H groups in total. The summed E-state index contributed by atoms with van der Waals surface area (Å²) < 4.78 is 65.4. The fourth-order valence-corrected chi connectivity index (χ4v) is 4.64. The molecule has 0 aliphatic carbocycles. The molecule has 162 valence electrons. The average molecular weight is 442 g/mol. The van der Waals surface area contributed by atoms with E-state index in [1.54, 1.807) is 4.90 Å². The first-order chi connectivity index (χ1) is 14.1. The Morgan fingerprint density at radius 2 is 1.73 bits per heavy atom. The van der Waals surface area contributed by atoms with Gasteiger partial charge in [0.1, 0.15) is 5.82 Å². The molecular weight excluding hydrogens is 421 g/mol. The van der Waals surface area contributed by atoms with Gasteiger partial charge in [0.15, 0.2) is 0 Å². The third-order valence-electron chi connectivity index (χ3n) is 4.67. The zero-order chi connectivity index (χ0) is 21.9. The van der Waals surface area contributed by atoms with Gasteiger partial charge in [0, 0.05) is 45.0 Å². The van der Waals surface area contributed by atoms with Gasteiger partial charge in [-0.2, -0.15) is 17.5 Å². The van der Waals surface area contributed by atoms with Crippen molar-refractivity contribution in [2.45, 2.75) is 24.4 Å². The molecule has 2 aromatic rings. The molecule has 3 rings (SSSR count). The molecule has 7 nitrogen and oxygen atoms in total. The molecule has 1 aromatic carbocycles. The Morgan fingerprint density at radius 3 is 2.30 bits per heavy atom. The van der Waals surface area contributed by atoms with E-state index in [1.165, 1.54) is 41.6 Å². The van der Waals surface area contributed by atoms with Crippen LogP contribution in [0.4, 0.5) is 24.7 Å². The fourth-order valence-electron chi connectivity index (χ4n) is 3.17. The number of nitrogens with one attached hydrogen (secondary N) is 1. The number of carbonyl (C=O) groups is 1. The molecule has 1 amide bonds. The predicted octanol–water partition coefficient (Wildman–Crippen LogP) is 2.96. The molecule has 1 aromatic heterocycles. The zero-order valence-electron chi connectivity index (χ0n) is 16.2. The van der Waals surface area contributed by atoms with Crippen molar-refractivity contribution < 1.29 is 26.4 Å². The normalized spacial score (nSPS) is 16.2. The molecule has 0 radical (unpaired) electrons. The monoisotopic (exact) mass is 442 g/mol. The van der Waals surface area contributed by atoms with Crippen molar-refractivity contribution in [3.05, 3.63) is 48.2 Å². The van der Waals surface area contributed by atoms with Gasteiger partial charge in [-0.25, -0.2) is 13.4 Å². The minimum absolute atomic E-state index is 0.109. The van der Waals surface area contributed by atoms with Crippen LogP contribution in [0.1, 0.15) is 18.9 Å². The van der Waals surface area contributed by atoms with Gasteiger partial charge in [0.05, 0.1) is 10.5 Å². The van der Waals surface area contributed by atoms with Crippen LogP contribution in [-0.4, -0.2) is 49.8 Å². The van der Waals surface area contributed by atoms with Crippen molar-refractivity contribution in [2.24, 2.45) is 0 Å². The Hall–Kier alpha value is -2.66. The van der Waals surface area contributed by atoms with Crippen LogP contribution in [0, 0.1) is 0 Å². The number of nitrogens with zero attached hydrogens (tertiary/aromatic N) is 3. The first-order valence-corrected chi connectivity index (χ1v) is 10.7. The van der Waals surface area contributed by atoms with Crippen LogP contribution < -0.4 is 10.2 Å². The number of benzene rings is 1. The maximum Gasteiger partial charge on any atom is 0.417 e. The van der Waals surface area contributed by atoms with Gasteiger partial charge in [0.25, 0.3) is 0 Å². The van der Waals surface area contributed by atoms with Crippen molar-refractivity contribution in [3.63, 3.8) is 0 Å². The minimum atomic E-state index is -4.45. The second-order valence-corrected chi connectivity index (χ2v) is 8.79. The summed E-state index contributed by atoms with van der Waals surface area (Å²) in [6.07, 6.45) is -3.16. The lowest BCUT2D eigenvalue weighted by Crippen LogP contribution is -2.35. The number of alkyl halides is 3. The lowest BCUT2D eigenvalue weighted by molar-refractivity contribution is -0.137. The van der Waals surface area contributed by atoms with Crippen molar-refractivity contribution in [2.75, 3.05) is 36.4 Å². The number of amides is 1. The highest BCUT2D eigenvalue weighted by Gasteiger charge is 2.31. The van der Waals surface area contributed by atoms with Gasteiger partial charge in [0.2, 0.25) is 15.9 Å². The summed E-state index contributed by atoms with van der Waals surface area (Å²) in [6.45, 7) is 2.61. The minimum Gasteiger partial charge on any atom is -0.355 e. The van der Waals surface area contributed by atoms with Crippen molar-refractivity contribution in [1.29, 1.82) is 0 Å². The van der Waals surface area contributed by atoms with E-state index >= 15 is 0 Å². The summed E-state index contributed by atoms with van der Waals surface area (Å²) in [5, 5.41) is 2.58. The largest absolute Gasteiger partial charge is 0.417 e. The van der Waals surface area contributed by atoms with E-state index in [0.717, 1.165) is 12.3 Å². The van der Waals surface area contributed by atoms with E-state index < -0.39 is 21.8 Å². The summed E-state index contributed by atoms with van der Waals surface area (Å²) in [4.78, 5) is 16.9. The van der Waals surface area contributed by atoms with E-state index in [-0.39, 0.29) is 23.9 Å². The van der Waals surface area contributed by atoms with Gasteiger partial charge in [-0.1, -0.05) is 0 Å². The summed E-state index contributed by atoms with van der Waals surface area (Å²) in [6, 6.07) is 8.17. The highest BCUT2D eigenvalue weighted by atomic mass is 32.2. The number of sulfonamides is 1. The SMILES string of the molecule is CC(=O)Nc1ccc(S(=O)(=O)N2CCCN(c3ccc(C(F)(F)F)cn3)CC2)cc1. The molecule has 1 aliphatic heterocycles. The highest BCUT2D eigenvalue weighted by molar-refractivity contribution is 7.89. The summed E-state index contributed by atoms with van der Waals surface area (Å²) in [5.74, 6) is 0.122. The lowest BCUT2D eigenvalue weighted by atomic mass is 10.2. The highest BCUT2D eigenvalue weighted by Crippen LogP contribution is 2.29. The Kier molecular flexibility index (Phi) is 6.32. The van der Waals surface area contributed by atoms with Crippen molar-refractivity contribution in [1.82, 2.24) is 9.29 Å². The van der Waals surface area contributed by atoms with Crippen LogP contribution in [0.5, 0.6) is 0 Å². The maximum atomic E-state index is 13.0. The van der Waals surface area contributed by atoms with Crippen LogP contribution in [0.25, 0.3) is 0 Å². The van der Waals surface area contributed by atoms with Crippen LogP contribution in [-0.2, 0) is 21.0 Å². The number of hydrogen-bond donors (Lipinski definition) is 1.